The Balaban J connectivity index is 2.33. The lowest BCUT2D eigenvalue weighted by atomic mass is 10.2. The van der Waals surface area contributed by atoms with Gasteiger partial charge in [0, 0.05) is 5.38 Å². The van der Waals surface area contributed by atoms with Crippen LogP contribution < -0.4 is 5.73 Å². The number of carbonyl (C=O) groups excluding carboxylic acids is 1. The summed E-state index contributed by atoms with van der Waals surface area (Å²) < 4.78 is 3.94. The fourth-order valence-electron chi connectivity index (χ4n) is 1.00. The summed E-state index contributed by atoms with van der Waals surface area (Å²) in [7, 11) is 0. The molecule has 0 saturated heterocycles. The number of hydrogen-bond acceptors (Lipinski definition) is 5. The summed E-state index contributed by atoms with van der Waals surface area (Å²) in [5.74, 6) is -0.175. The van der Waals surface area contributed by atoms with E-state index >= 15 is 0 Å². The van der Waals surface area contributed by atoms with Crippen LogP contribution in [0.4, 0.5) is 5.69 Å². The monoisotopic (exact) mass is 205 g/mol. The Morgan fingerprint density at radius 2 is 2.14 bits per heavy atom. The maximum absolute atomic E-state index is 11.7. The number of rotatable bonds is 2. The van der Waals surface area contributed by atoms with Gasteiger partial charge in [0.15, 0.2) is 0 Å². The van der Waals surface area contributed by atoms with E-state index < -0.39 is 0 Å². The summed E-state index contributed by atoms with van der Waals surface area (Å²) in [5, 5.41) is 1.75. The molecule has 0 amide bonds. The van der Waals surface area contributed by atoms with Crippen LogP contribution in [-0.4, -0.2) is 15.1 Å². The second kappa shape index (κ2) is 3.55. The predicted molar refractivity (Wildman–Crippen MR) is 54.2 cm³/mol. The molecule has 0 spiro atoms. The molecule has 0 unspecified atom stereocenters. The van der Waals surface area contributed by atoms with Crippen molar-refractivity contribution in [1.82, 2.24) is 9.36 Å². The number of aromatic nitrogens is 2. The largest absolute Gasteiger partial charge is 0.397 e. The van der Waals surface area contributed by atoms with E-state index in [1.807, 2.05) is 0 Å². The van der Waals surface area contributed by atoms with Crippen LogP contribution >= 0.6 is 11.5 Å². The number of pyridine rings is 1. The molecule has 0 saturated carbocycles. The number of ketones is 1. The highest BCUT2D eigenvalue weighted by atomic mass is 32.1. The number of hydrogen-bond donors (Lipinski definition) is 1. The highest BCUT2D eigenvalue weighted by molar-refractivity contribution is 7.03. The van der Waals surface area contributed by atoms with E-state index in [4.69, 9.17) is 5.73 Å². The molecule has 5 heteroatoms. The van der Waals surface area contributed by atoms with Crippen LogP contribution in [0.1, 0.15) is 16.2 Å². The van der Waals surface area contributed by atoms with Gasteiger partial charge in [-0.1, -0.05) is 0 Å². The second-order valence-electron chi connectivity index (χ2n) is 2.69. The Kier molecular flexibility index (Phi) is 2.24. The van der Waals surface area contributed by atoms with Gasteiger partial charge in [-0.2, -0.15) is 4.37 Å². The van der Waals surface area contributed by atoms with E-state index in [0.717, 1.165) is 0 Å². The van der Waals surface area contributed by atoms with Gasteiger partial charge in [-0.3, -0.25) is 9.78 Å². The molecule has 0 aliphatic rings. The van der Waals surface area contributed by atoms with Crippen molar-refractivity contribution in [2.75, 3.05) is 5.73 Å². The van der Waals surface area contributed by atoms with Crippen LogP contribution in [0.2, 0.25) is 0 Å². The van der Waals surface area contributed by atoms with Crippen molar-refractivity contribution in [2.24, 2.45) is 0 Å². The van der Waals surface area contributed by atoms with E-state index in [0.29, 0.717) is 17.1 Å². The van der Waals surface area contributed by atoms with Crippen molar-refractivity contribution in [3.63, 3.8) is 0 Å². The average molecular weight is 205 g/mol. The summed E-state index contributed by atoms with van der Waals surface area (Å²) in [4.78, 5) is 15.6. The minimum absolute atomic E-state index is 0.175. The van der Waals surface area contributed by atoms with Gasteiger partial charge in [-0.25, -0.2) is 0 Å². The predicted octanol–water partition coefficient (Wildman–Crippen LogP) is 1.35. The molecule has 2 aromatic heterocycles. The lowest BCUT2D eigenvalue weighted by Gasteiger charge is -1.96. The van der Waals surface area contributed by atoms with Gasteiger partial charge >= 0.3 is 0 Å². The van der Waals surface area contributed by atoms with Gasteiger partial charge in [0.25, 0.3) is 0 Å². The number of nitrogen functional groups attached to an aromatic ring is 1. The molecule has 2 heterocycles. The van der Waals surface area contributed by atoms with Gasteiger partial charge < -0.3 is 5.73 Å². The van der Waals surface area contributed by atoms with E-state index in [2.05, 4.69) is 9.36 Å². The summed E-state index contributed by atoms with van der Waals surface area (Å²) in [5.41, 5.74) is 6.79. The summed E-state index contributed by atoms with van der Waals surface area (Å²) in [6, 6.07) is 4.91. The first-order chi connectivity index (χ1) is 6.77. The fraction of sp³-hybridized carbons (Fsp3) is 0. The molecule has 70 valence electrons. The van der Waals surface area contributed by atoms with Gasteiger partial charge in [-0.15, -0.1) is 0 Å². The Morgan fingerprint density at radius 3 is 2.71 bits per heavy atom. The lowest BCUT2D eigenvalue weighted by Crippen LogP contribution is -2.04. The van der Waals surface area contributed by atoms with E-state index in [9.17, 15) is 4.79 Å². The molecule has 0 aromatic carbocycles. The van der Waals surface area contributed by atoms with Crippen molar-refractivity contribution in [3.8, 4) is 0 Å². The van der Waals surface area contributed by atoms with Crippen molar-refractivity contribution >= 4 is 23.0 Å². The third kappa shape index (κ3) is 1.62. The molecule has 0 bridgehead atoms. The topological polar surface area (TPSA) is 68.9 Å². The first-order valence-corrected chi connectivity index (χ1v) is 4.77. The normalized spacial score (nSPS) is 10.0. The second-order valence-corrected chi connectivity index (χ2v) is 3.36. The lowest BCUT2D eigenvalue weighted by molar-refractivity contribution is 0.103. The van der Waals surface area contributed by atoms with Crippen LogP contribution in [0.3, 0.4) is 0 Å². The maximum Gasteiger partial charge on any atom is 0.230 e. The van der Waals surface area contributed by atoms with E-state index in [-0.39, 0.29) is 5.78 Å². The third-order valence-corrected chi connectivity index (χ3v) is 2.25. The molecule has 2 aromatic rings. The molecule has 0 fully saturated rings. The Morgan fingerprint density at radius 1 is 1.29 bits per heavy atom. The molecule has 4 nitrogen and oxygen atoms in total. The molecule has 14 heavy (non-hydrogen) atoms. The van der Waals surface area contributed by atoms with Crippen LogP contribution in [0.5, 0.6) is 0 Å². The Hall–Kier alpha value is -1.75. The minimum atomic E-state index is -0.175. The molecular formula is C9H7N3OS. The average Bonchev–Trinajstić information content (AvgIpc) is 2.71. The van der Waals surface area contributed by atoms with Crippen LogP contribution in [-0.2, 0) is 0 Å². The maximum atomic E-state index is 11.7. The van der Waals surface area contributed by atoms with E-state index in [1.165, 1.54) is 17.7 Å². The SMILES string of the molecule is Nc1ccc(C(=O)c2ccsn2)nc1. The van der Waals surface area contributed by atoms with Crippen molar-refractivity contribution in [1.29, 1.82) is 0 Å². The smallest absolute Gasteiger partial charge is 0.230 e. The molecule has 2 N–H and O–H groups in total. The third-order valence-electron chi connectivity index (χ3n) is 1.69. The summed E-state index contributed by atoms with van der Waals surface area (Å²) in [6.45, 7) is 0. The van der Waals surface area contributed by atoms with Gasteiger partial charge in [0.1, 0.15) is 11.4 Å². The molecule has 2 rings (SSSR count). The zero-order chi connectivity index (χ0) is 9.97. The van der Waals surface area contributed by atoms with Crippen LogP contribution in [0.15, 0.2) is 29.8 Å². The standard InChI is InChI=1S/C9H7N3OS/c10-6-1-2-7(11-5-6)9(13)8-3-4-14-12-8/h1-5H,10H2. The number of nitrogens with two attached hydrogens (primary N) is 1. The molecule has 0 aliphatic heterocycles. The molecular weight excluding hydrogens is 198 g/mol. The van der Waals surface area contributed by atoms with Gasteiger partial charge in [0.2, 0.25) is 5.78 Å². The van der Waals surface area contributed by atoms with Crippen LogP contribution in [0.25, 0.3) is 0 Å². The highest BCUT2D eigenvalue weighted by Crippen LogP contribution is 2.08. The Bertz CT molecular complexity index is 436. The minimum Gasteiger partial charge on any atom is -0.397 e. The zero-order valence-electron chi connectivity index (χ0n) is 7.18. The molecule has 0 radical (unpaired) electrons. The van der Waals surface area contributed by atoms with Crippen molar-refractivity contribution in [2.45, 2.75) is 0 Å². The zero-order valence-corrected chi connectivity index (χ0v) is 7.99. The van der Waals surface area contributed by atoms with Crippen LogP contribution in [0, 0.1) is 0 Å². The van der Waals surface area contributed by atoms with Crippen molar-refractivity contribution in [3.05, 3.63) is 41.2 Å². The first kappa shape index (κ1) is 8.83. The summed E-state index contributed by atoms with van der Waals surface area (Å²) >= 11 is 1.24. The van der Waals surface area contributed by atoms with Gasteiger partial charge in [0.05, 0.1) is 11.9 Å². The fourth-order valence-corrected chi connectivity index (χ4v) is 1.51. The first-order valence-electron chi connectivity index (χ1n) is 3.94. The number of carbonyl (C=O) groups is 1. The number of anilines is 1. The van der Waals surface area contributed by atoms with Crippen molar-refractivity contribution < 1.29 is 4.79 Å². The highest BCUT2D eigenvalue weighted by Gasteiger charge is 2.11. The van der Waals surface area contributed by atoms with E-state index in [1.54, 1.807) is 23.6 Å². The van der Waals surface area contributed by atoms with Gasteiger partial charge in [-0.05, 0) is 29.7 Å². The molecule has 0 aliphatic carbocycles. The quantitative estimate of drug-likeness (QED) is 0.751. The molecule has 0 atom stereocenters. The number of nitrogens with zero attached hydrogens (tertiary/aromatic N) is 2. The summed E-state index contributed by atoms with van der Waals surface area (Å²) in [6.07, 6.45) is 1.46. The Labute approximate surface area is 84.6 Å².